The van der Waals surface area contributed by atoms with Crippen LogP contribution in [0.2, 0.25) is 0 Å². The predicted molar refractivity (Wildman–Crippen MR) is 134 cm³/mol. The number of carboxylic acids is 1. The van der Waals surface area contributed by atoms with Crippen LogP contribution < -0.4 is 0 Å². The Hall–Kier alpha value is -1.20. The van der Waals surface area contributed by atoms with Crippen LogP contribution in [0.25, 0.3) is 0 Å². The van der Waals surface area contributed by atoms with Gasteiger partial charge in [-0.3, -0.25) is 9.79 Å². The van der Waals surface area contributed by atoms with E-state index in [1.165, 1.54) is 77.4 Å². The van der Waals surface area contributed by atoms with E-state index in [1.54, 1.807) is 11.3 Å². The molecule has 5 aliphatic rings. The molecule has 4 aliphatic carbocycles. The average molecular weight is 459 g/mol. The number of hydrogen-bond donors (Lipinski definition) is 2. The molecule has 1 heterocycles. The second-order valence-electron chi connectivity index (χ2n) is 11.9. The molecule has 33 heavy (non-hydrogen) atoms. The van der Waals surface area contributed by atoms with Gasteiger partial charge in [-0.1, -0.05) is 25.5 Å². The fraction of sp³-hybridized carbons (Fsp3) is 0.857. The Morgan fingerprint density at radius 3 is 2.52 bits per heavy atom. The molecule has 1 saturated heterocycles. The zero-order chi connectivity index (χ0) is 23.6. The molecule has 186 valence electrons. The Bertz CT molecular complexity index is 767. The number of fused-ring (bicyclic) bond motifs is 5. The van der Waals surface area contributed by atoms with Crippen LogP contribution in [-0.4, -0.2) is 59.1 Å². The zero-order valence-corrected chi connectivity index (χ0v) is 21.2. The molecule has 0 bridgehead atoms. The quantitative estimate of drug-likeness (QED) is 0.441. The molecule has 2 N–H and O–H groups in total. The molecule has 0 aromatic rings. The van der Waals surface area contributed by atoms with Gasteiger partial charge in [-0.15, -0.1) is 0 Å². The Labute approximate surface area is 200 Å². The van der Waals surface area contributed by atoms with Gasteiger partial charge in [0.1, 0.15) is 0 Å². The molecular weight excluding hydrogens is 412 g/mol. The molecule has 3 saturated carbocycles. The number of aliphatic imine (C=N–C) groups is 1. The third kappa shape index (κ3) is 5.10. The molecule has 0 unspecified atom stereocenters. The largest absolute Gasteiger partial charge is 0.481 e. The van der Waals surface area contributed by atoms with Crippen LogP contribution in [0.3, 0.4) is 0 Å². The maximum absolute atomic E-state index is 10.2. The van der Waals surface area contributed by atoms with Gasteiger partial charge in [-0.25, -0.2) is 0 Å². The highest BCUT2D eigenvalue weighted by molar-refractivity contribution is 5.92. The Balaban J connectivity index is 0.000000601. The number of carboxylic acid groups (broad SMARTS) is 1. The van der Waals surface area contributed by atoms with Crippen molar-refractivity contribution in [1.82, 2.24) is 4.90 Å². The standard InChI is InChI=1S/C26H42N2O.C2H4O2/c1-25-12-10-20(29)18-19(25)6-7-21-22-8-9-24(26(22,2)13-11-23(21)25)27-14-5-17-28-15-3-4-16-28;1-2(3)4/h6,20-23,29H,3-5,7-18H2,1-2H3;1H3,(H,3,4)/t20-,21-,22-,23-,25-,26-;/m0./s1. The number of aliphatic hydroxyl groups is 1. The van der Waals surface area contributed by atoms with E-state index in [9.17, 15) is 5.11 Å². The minimum atomic E-state index is -0.833. The van der Waals surface area contributed by atoms with Crippen molar-refractivity contribution in [2.75, 3.05) is 26.2 Å². The second-order valence-corrected chi connectivity index (χ2v) is 11.9. The number of allylic oxidation sites excluding steroid dienone is 1. The van der Waals surface area contributed by atoms with Gasteiger partial charge in [-0.05, 0) is 113 Å². The highest BCUT2D eigenvalue weighted by atomic mass is 16.4. The molecule has 6 atom stereocenters. The lowest BCUT2D eigenvalue weighted by Gasteiger charge is -2.57. The maximum Gasteiger partial charge on any atom is 0.300 e. The van der Waals surface area contributed by atoms with E-state index in [-0.39, 0.29) is 6.10 Å². The summed E-state index contributed by atoms with van der Waals surface area (Å²) in [5.41, 5.74) is 3.89. The normalized spacial score (nSPS) is 41.5. The first kappa shape index (κ1) is 24.9. The molecule has 5 rings (SSSR count). The van der Waals surface area contributed by atoms with Gasteiger partial charge < -0.3 is 15.1 Å². The summed E-state index contributed by atoms with van der Waals surface area (Å²) in [5.74, 6) is 1.68. The molecule has 0 spiro atoms. The number of hydrogen-bond acceptors (Lipinski definition) is 4. The molecule has 5 nitrogen and oxygen atoms in total. The van der Waals surface area contributed by atoms with Crippen molar-refractivity contribution in [2.45, 2.75) is 97.5 Å². The van der Waals surface area contributed by atoms with E-state index >= 15 is 0 Å². The van der Waals surface area contributed by atoms with Crippen LogP contribution in [0, 0.1) is 28.6 Å². The van der Waals surface area contributed by atoms with Crippen LogP contribution in [0.4, 0.5) is 0 Å². The van der Waals surface area contributed by atoms with Crippen molar-refractivity contribution in [2.24, 2.45) is 33.6 Å². The predicted octanol–water partition coefficient (Wildman–Crippen LogP) is 5.33. The fourth-order valence-corrected chi connectivity index (χ4v) is 8.20. The smallest absolute Gasteiger partial charge is 0.300 e. The fourth-order valence-electron chi connectivity index (χ4n) is 8.20. The monoisotopic (exact) mass is 458 g/mol. The third-order valence-corrected chi connectivity index (χ3v) is 9.95. The molecular formula is C28H46N2O3. The van der Waals surface area contributed by atoms with Crippen molar-refractivity contribution in [1.29, 1.82) is 0 Å². The molecule has 0 amide bonds. The summed E-state index contributed by atoms with van der Waals surface area (Å²) in [6, 6.07) is 0. The summed E-state index contributed by atoms with van der Waals surface area (Å²) in [5, 5.41) is 17.6. The Kier molecular flexibility index (Phi) is 7.69. The van der Waals surface area contributed by atoms with Crippen LogP contribution in [0.5, 0.6) is 0 Å². The number of carbonyl (C=O) groups is 1. The summed E-state index contributed by atoms with van der Waals surface area (Å²) < 4.78 is 0. The number of likely N-dealkylation sites (tertiary alicyclic amines) is 1. The maximum atomic E-state index is 10.2. The summed E-state index contributed by atoms with van der Waals surface area (Å²) in [4.78, 5) is 16.9. The van der Waals surface area contributed by atoms with E-state index in [1.807, 2.05) is 0 Å². The summed E-state index contributed by atoms with van der Waals surface area (Å²) in [7, 11) is 0. The SMILES string of the molecule is CC(=O)O.C[C@]12CC[C@H](O)CC1=CC[C@@H]1[C@@H]2CC[C@]2(C)C(=NCCCN3CCCC3)CC[C@@H]12. The van der Waals surface area contributed by atoms with Crippen molar-refractivity contribution in [3.63, 3.8) is 0 Å². The first-order chi connectivity index (χ1) is 15.7. The van der Waals surface area contributed by atoms with Gasteiger partial charge in [0, 0.05) is 24.6 Å². The molecule has 0 aromatic heterocycles. The van der Waals surface area contributed by atoms with E-state index in [0.717, 1.165) is 44.1 Å². The number of rotatable bonds is 4. The Morgan fingerprint density at radius 2 is 1.79 bits per heavy atom. The first-order valence-electron chi connectivity index (χ1n) is 13.6. The van der Waals surface area contributed by atoms with E-state index in [4.69, 9.17) is 14.9 Å². The minimum Gasteiger partial charge on any atom is -0.481 e. The number of aliphatic carboxylic acids is 1. The highest BCUT2D eigenvalue weighted by Gasteiger charge is 2.57. The van der Waals surface area contributed by atoms with Crippen molar-refractivity contribution in [3.05, 3.63) is 11.6 Å². The van der Waals surface area contributed by atoms with Gasteiger partial charge in [0.2, 0.25) is 0 Å². The van der Waals surface area contributed by atoms with Crippen LogP contribution in [0.15, 0.2) is 16.6 Å². The van der Waals surface area contributed by atoms with Crippen molar-refractivity contribution in [3.8, 4) is 0 Å². The highest BCUT2D eigenvalue weighted by Crippen LogP contribution is 2.64. The summed E-state index contributed by atoms with van der Waals surface area (Å²) in [6.07, 6.45) is 16.2. The summed E-state index contributed by atoms with van der Waals surface area (Å²) in [6.45, 7) is 11.1. The minimum absolute atomic E-state index is 0.0921. The molecule has 4 fully saturated rings. The second kappa shape index (κ2) is 10.2. The molecule has 1 aliphatic heterocycles. The number of aliphatic hydroxyl groups excluding tert-OH is 1. The van der Waals surface area contributed by atoms with E-state index in [2.05, 4.69) is 24.8 Å². The van der Waals surface area contributed by atoms with Gasteiger partial charge in [0.05, 0.1) is 6.10 Å². The molecule has 0 aromatic carbocycles. The van der Waals surface area contributed by atoms with Crippen molar-refractivity contribution < 1.29 is 15.0 Å². The van der Waals surface area contributed by atoms with Crippen LogP contribution >= 0.6 is 0 Å². The topological polar surface area (TPSA) is 73.1 Å². The molecule has 0 radical (unpaired) electrons. The van der Waals surface area contributed by atoms with Gasteiger partial charge >= 0.3 is 0 Å². The van der Waals surface area contributed by atoms with Gasteiger partial charge in [-0.2, -0.15) is 0 Å². The zero-order valence-electron chi connectivity index (χ0n) is 21.2. The summed E-state index contributed by atoms with van der Waals surface area (Å²) >= 11 is 0. The van der Waals surface area contributed by atoms with Crippen LogP contribution in [0.1, 0.15) is 91.4 Å². The van der Waals surface area contributed by atoms with Gasteiger partial charge in [0.25, 0.3) is 5.97 Å². The Morgan fingerprint density at radius 1 is 1.12 bits per heavy atom. The van der Waals surface area contributed by atoms with Gasteiger partial charge in [0.15, 0.2) is 0 Å². The third-order valence-electron chi connectivity index (χ3n) is 9.95. The lowest BCUT2D eigenvalue weighted by atomic mass is 9.48. The van der Waals surface area contributed by atoms with E-state index in [0.29, 0.717) is 10.8 Å². The first-order valence-corrected chi connectivity index (χ1v) is 13.6. The van der Waals surface area contributed by atoms with E-state index < -0.39 is 5.97 Å². The number of nitrogens with zero attached hydrogens (tertiary/aromatic N) is 2. The average Bonchev–Trinajstić information content (AvgIpc) is 3.39. The van der Waals surface area contributed by atoms with Crippen molar-refractivity contribution >= 4 is 11.7 Å². The van der Waals surface area contributed by atoms with Crippen LogP contribution in [-0.2, 0) is 4.79 Å². The lowest BCUT2D eigenvalue weighted by Crippen LogP contribution is -2.50. The molecule has 5 heteroatoms. The lowest BCUT2D eigenvalue weighted by molar-refractivity contribution is -0.134.